The molecule has 2 aromatic rings. The molecule has 4 nitrogen and oxygen atoms in total. The van der Waals surface area contributed by atoms with Gasteiger partial charge in [-0.05, 0) is 51.0 Å². The molecule has 0 saturated carbocycles. The lowest BCUT2D eigenvalue weighted by Crippen LogP contribution is -2.36. The first-order chi connectivity index (χ1) is 10.6. The normalized spacial score (nSPS) is 16.7. The van der Waals surface area contributed by atoms with E-state index in [1.165, 1.54) is 5.56 Å². The van der Waals surface area contributed by atoms with E-state index in [9.17, 15) is 4.79 Å². The summed E-state index contributed by atoms with van der Waals surface area (Å²) >= 11 is 0. The number of carbonyl (C=O) groups is 1. The van der Waals surface area contributed by atoms with Gasteiger partial charge in [0.2, 0.25) is 0 Å². The highest BCUT2D eigenvalue weighted by Crippen LogP contribution is 2.32. The number of amides is 1. The summed E-state index contributed by atoms with van der Waals surface area (Å²) in [6.45, 7) is 6.22. The van der Waals surface area contributed by atoms with Gasteiger partial charge in [0.05, 0.1) is 0 Å². The van der Waals surface area contributed by atoms with Crippen molar-refractivity contribution in [3.63, 3.8) is 0 Å². The molecule has 0 saturated heterocycles. The molecule has 114 valence electrons. The molecule has 0 spiro atoms. The van der Waals surface area contributed by atoms with E-state index >= 15 is 0 Å². The van der Waals surface area contributed by atoms with Crippen LogP contribution in [0, 0.1) is 0 Å². The van der Waals surface area contributed by atoms with E-state index in [-0.39, 0.29) is 11.9 Å². The molecule has 1 aliphatic heterocycles. The second-order valence-electron chi connectivity index (χ2n) is 6.09. The van der Waals surface area contributed by atoms with Crippen LogP contribution in [0.3, 0.4) is 0 Å². The van der Waals surface area contributed by atoms with E-state index < -0.39 is 0 Å². The second-order valence-corrected chi connectivity index (χ2v) is 6.09. The number of hydrogen-bond donors (Lipinski definition) is 1. The van der Waals surface area contributed by atoms with Crippen molar-refractivity contribution in [2.45, 2.75) is 39.3 Å². The fourth-order valence-corrected chi connectivity index (χ4v) is 2.97. The molecule has 2 heterocycles. The van der Waals surface area contributed by atoms with Gasteiger partial charge < -0.3 is 10.2 Å². The Balaban J connectivity index is 1.91. The lowest BCUT2D eigenvalue weighted by molar-refractivity contribution is 0.0976. The van der Waals surface area contributed by atoms with Gasteiger partial charge >= 0.3 is 0 Å². The van der Waals surface area contributed by atoms with Crippen LogP contribution in [0.2, 0.25) is 0 Å². The van der Waals surface area contributed by atoms with Gasteiger partial charge in [0.15, 0.2) is 0 Å². The summed E-state index contributed by atoms with van der Waals surface area (Å²) in [6, 6.07) is 12.3. The number of fused-ring (bicyclic) bond motifs is 1. The Bertz CT molecular complexity index is 696. The maximum absolute atomic E-state index is 12.9. The van der Waals surface area contributed by atoms with Crippen molar-refractivity contribution in [1.82, 2.24) is 4.98 Å². The van der Waals surface area contributed by atoms with E-state index in [2.05, 4.69) is 37.1 Å². The van der Waals surface area contributed by atoms with Crippen LogP contribution in [0.5, 0.6) is 0 Å². The topological polar surface area (TPSA) is 45.2 Å². The molecule has 0 radical (unpaired) electrons. The van der Waals surface area contributed by atoms with Gasteiger partial charge in [-0.3, -0.25) is 9.78 Å². The summed E-state index contributed by atoms with van der Waals surface area (Å²) in [4.78, 5) is 19.0. The Kier molecular flexibility index (Phi) is 3.84. The van der Waals surface area contributed by atoms with Crippen LogP contribution < -0.4 is 10.2 Å². The number of nitrogens with zero attached hydrogens (tertiary/aromatic N) is 2. The molecule has 1 N–H and O–H groups in total. The van der Waals surface area contributed by atoms with Crippen LogP contribution in [-0.4, -0.2) is 23.0 Å². The first kappa shape index (κ1) is 14.6. The van der Waals surface area contributed by atoms with Crippen molar-refractivity contribution >= 4 is 17.3 Å². The molecule has 1 amide bonds. The Labute approximate surface area is 131 Å². The quantitative estimate of drug-likeness (QED) is 0.942. The molecule has 0 aliphatic carbocycles. The predicted octanol–water partition coefficient (Wildman–Crippen LogP) is 3.49. The van der Waals surface area contributed by atoms with Crippen LogP contribution >= 0.6 is 0 Å². The number of nitrogens with one attached hydrogen (secondary N) is 1. The van der Waals surface area contributed by atoms with Crippen LogP contribution in [-0.2, 0) is 6.42 Å². The average molecular weight is 295 g/mol. The molecule has 1 aromatic heterocycles. The van der Waals surface area contributed by atoms with Crippen LogP contribution in [0.1, 0.15) is 36.8 Å². The molecule has 1 atom stereocenters. The third-order valence-electron chi connectivity index (χ3n) is 3.86. The molecule has 22 heavy (non-hydrogen) atoms. The first-order valence-electron chi connectivity index (χ1n) is 7.70. The van der Waals surface area contributed by atoms with E-state index in [1.807, 2.05) is 35.2 Å². The lowest BCUT2D eigenvalue weighted by atomic mass is 10.1. The molecule has 4 heteroatoms. The number of aromatic nitrogens is 1. The van der Waals surface area contributed by atoms with E-state index in [0.29, 0.717) is 11.7 Å². The molecule has 1 aliphatic rings. The van der Waals surface area contributed by atoms with E-state index in [4.69, 9.17) is 0 Å². The predicted molar refractivity (Wildman–Crippen MR) is 89.4 cm³/mol. The maximum Gasteiger partial charge on any atom is 0.277 e. The monoisotopic (exact) mass is 295 g/mol. The van der Waals surface area contributed by atoms with Gasteiger partial charge in [-0.2, -0.15) is 0 Å². The van der Waals surface area contributed by atoms with Gasteiger partial charge in [0, 0.05) is 29.7 Å². The van der Waals surface area contributed by atoms with Crippen LogP contribution in [0.15, 0.2) is 42.6 Å². The summed E-state index contributed by atoms with van der Waals surface area (Å²) in [5.41, 5.74) is 3.63. The molecular formula is C18H21N3O. The van der Waals surface area contributed by atoms with Crippen molar-refractivity contribution in [2.24, 2.45) is 0 Å². The average Bonchev–Trinajstić information content (AvgIpc) is 2.82. The Morgan fingerprint density at radius 1 is 1.32 bits per heavy atom. The van der Waals surface area contributed by atoms with E-state index in [0.717, 1.165) is 17.8 Å². The minimum absolute atomic E-state index is 0.0372. The van der Waals surface area contributed by atoms with Crippen molar-refractivity contribution in [3.05, 3.63) is 53.9 Å². The number of carbonyl (C=O) groups excluding carboxylic acids is 1. The zero-order valence-corrected chi connectivity index (χ0v) is 13.2. The van der Waals surface area contributed by atoms with Crippen molar-refractivity contribution in [2.75, 3.05) is 10.2 Å². The fraction of sp³-hybridized carbons (Fsp3) is 0.333. The van der Waals surface area contributed by atoms with Crippen molar-refractivity contribution < 1.29 is 4.79 Å². The molecular weight excluding hydrogens is 274 g/mol. The molecule has 1 aromatic carbocycles. The molecule has 0 bridgehead atoms. The number of hydrogen-bond acceptors (Lipinski definition) is 3. The summed E-state index contributed by atoms with van der Waals surface area (Å²) in [6.07, 6.45) is 2.58. The third kappa shape index (κ3) is 2.69. The SMILES string of the molecule is CC(C)Nc1ccnc(C(=O)N2c3ccccc3CC2C)c1. The molecule has 0 fully saturated rings. The summed E-state index contributed by atoms with van der Waals surface area (Å²) in [5.74, 6) is -0.0372. The van der Waals surface area contributed by atoms with Gasteiger partial charge in [0.1, 0.15) is 5.69 Å². The van der Waals surface area contributed by atoms with Gasteiger partial charge in [-0.1, -0.05) is 18.2 Å². The van der Waals surface area contributed by atoms with Crippen molar-refractivity contribution in [1.29, 1.82) is 0 Å². The molecule has 1 unspecified atom stereocenters. The minimum atomic E-state index is -0.0372. The summed E-state index contributed by atoms with van der Waals surface area (Å²) in [5, 5.41) is 3.31. The lowest BCUT2D eigenvalue weighted by Gasteiger charge is -2.22. The Hall–Kier alpha value is -2.36. The Morgan fingerprint density at radius 3 is 2.86 bits per heavy atom. The Morgan fingerprint density at radius 2 is 2.09 bits per heavy atom. The molecule has 3 rings (SSSR count). The van der Waals surface area contributed by atoms with E-state index in [1.54, 1.807) is 6.20 Å². The fourth-order valence-electron chi connectivity index (χ4n) is 2.97. The highest BCUT2D eigenvalue weighted by Gasteiger charge is 2.31. The third-order valence-corrected chi connectivity index (χ3v) is 3.86. The summed E-state index contributed by atoms with van der Waals surface area (Å²) < 4.78 is 0. The number of para-hydroxylation sites is 1. The van der Waals surface area contributed by atoms with Gasteiger partial charge in [-0.25, -0.2) is 0 Å². The van der Waals surface area contributed by atoms with Gasteiger partial charge in [0.25, 0.3) is 5.91 Å². The first-order valence-corrected chi connectivity index (χ1v) is 7.70. The minimum Gasteiger partial charge on any atom is -0.383 e. The highest BCUT2D eigenvalue weighted by molar-refractivity contribution is 6.06. The smallest absolute Gasteiger partial charge is 0.277 e. The van der Waals surface area contributed by atoms with Gasteiger partial charge in [-0.15, -0.1) is 0 Å². The zero-order valence-electron chi connectivity index (χ0n) is 13.2. The maximum atomic E-state index is 12.9. The standard InChI is InChI=1S/C18H21N3O/c1-12(2)20-15-8-9-19-16(11-15)18(22)21-13(3)10-14-6-4-5-7-17(14)21/h4-9,11-13H,10H2,1-3H3,(H,19,20). The largest absolute Gasteiger partial charge is 0.383 e. The second kappa shape index (κ2) is 5.79. The number of rotatable bonds is 3. The van der Waals surface area contributed by atoms with Crippen LogP contribution in [0.25, 0.3) is 0 Å². The zero-order chi connectivity index (χ0) is 15.7. The number of benzene rings is 1. The number of pyridine rings is 1. The highest BCUT2D eigenvalue weighted by atomic mass is 16.2. The number of anilines is 2. The summed E-state index contributed by atoms with van der Waals surface area (Å²) in [7, 11) is 0. The van der Waals surface area contributed by atoms with Crippen LogP contribution in [0.4, 0.5) is 11.4 Å². The van der Waals surface area contributed by atoms with Crippen molar-refractivity contribution in [3.8, 4) is 0 Å².